The number of hydrogen-bond donors (Lipinski definition) is 1. The van der Waals surface area contributed by atoms with Crippen LogP contribution in [0.5, 0.6) is 11.5 Å². The molecule has 37 heavy (non-hydrogen) atoms. The number of nitrogens with one attached hydrogen (secondary N) is 1. The highest BCUT2D eigenvalue weighted by atomic mass is 35.5. The number of ether oxygens (including phenoxy) is 3. The first-order chi connectivity index (χ1) is 18.0. The Morgan fingerprint density at radius 3 is 2.86 bits per heavy atom. The van der Waals surface area contributed by atoms with Gasteiger partial charge in [-0.2, -0.15) is 4.98 Å². The van der Waals surface area contributed by atoms with Crippen LogP contribution in [0.2, 0.25) is 5.15 Å². The first kappa shape index (κ1) is 24.8. The van der Waals surface area contributed by atoms with Crippen LogP contribution in [0.1, 0.15) is 12.0 Å². The lowest BCUT2D eigenvalue weighted by molar-refractivity contribution is -0.136. The number of nitrogens with zero attached hydrogens (tertiary/aromatic N) is 6. The molecule has 12 nitrogen and oxygen atoms in total. The number of rotatable bonds is 8. The number of piperazine rings is 1. The van der Waals surface area contributed by atoms with Gasteiger partial charge in [-0.15, -0.1) is 0 Å². The summed E-state index contributed by atoms with van der Waals surface area (Å²) in [6.45, 7) is 1.76. The van der Waals surface area contributed by atoms with Crippen LogP contribution in [-0.4, -0.2) is 82.4 Å². The van der Waals surface area contributed by atoms with Crippen molar-refractivity contribution in [3.05, 3.63) is 53.7 Å². The quantitative estimate of drug-likeness (QED) is 0.433. The molecule has 2 amide bonds. The van der Waals surface area contributed by atoms with Gasteiger partial charge in [-0.25, -0.2) is 9.97 Å². The van der Waals surface area contributed by atoms with E-state index in [1.165, 1.54) is 7.11 Å². The summed E-state index contributed by atoms with van der Waals surface area (Å²) in [5.41, 5.74) is 0.891. The molecule has 1 saturated heterocycles. The number of hydrogen-bond acceptors (Lipinski definition) is 9. The summed E-state index contributed by atoms with van der Waals surface area (Å²) in [4.78, 5) is 42.2. The van der Waals surface area contributed by atoms with Crippen molar-refractivity contribution in [1.82, 2.24) is 29.7 Å². The molecule has 3 aromatic rings. The van der Waals surface area contributed by atoms with Gasteiger partial charge in [0, 0.05) is 58.2 Å². The Morgan fingerprint density at radius 2 is 2.05 bits per heavy atom. The summed E-state index contributed by atoms with van der Waals surface area (Å²) >= 11 is 6.33. The number of imidazole rings is 1. The average Bonchev–Trinajstić information content (AvgIpc) is 3.59. The summed E-state index contributed by atoms with van der Waals surface area (Å²) in [5.74, 6) is 1.98. The fourth-order valence-corrected chi connectivity index (χ4v) is 4.52. The molecule has 1 fully saturated rings. The van der Waals surface area contributed by atoms with Crippen molar-refractivity contribution in [1.29, 1.82) is 0 Å². The van der Waals surface area contributed by atoms with E-state index < -0.39 is 0 Å². The Bertz CT molecular complexity index is 1270. The second kappa shape index (κ2) is 11.0. The van der Waals surface area contributed by atoms with Gasteiger partial charge in [-0.3, -0.25) is 14.2 Å². The molecule has 5 rings (SSSR count). The van der Waals surface area contributed by atoms with E-state index in [0.717, 1.165) is 5.56 Å². The Kier molecular flexibility index (Phi) is 7.37. The van der Waals surface area contributed by atoms with Gasteiger partial charge in [0.05, 0.1) is 6.04 Å². The van der Waals surface area contributed by atoms with Crippen LogP contribution < -0.4 is 19.7 Å². The monoisotopic (exact) mass is 527 g/mol. The van der Waals surface area contributed by atoms with Gasteiger partial charge in [-0.1, -0.05) is 17.7 Å². The number of halogens is 1. The number of fused-ring (bicyclic) bond motifs is 1. The molecule has 4 heterocycles. The minimum atomic E-state index is -0.340. The molecule has 0 aliphatic carbocycles. The lowest BCUT2D eigenvalue weighted by Crippen LogP contribution is -2.57. The van der Waals surface area contributed by atoms with Crippen LogP contribution >= 0.6 is 11.6 Å². The maximum absolute atomic E-state index is 13.0. The predicted octanol–water partition coefficient (Wildman–Crippen LogP) is 1.41. The lowest BCUT2D eigenvalue weighted by atomic mass is 10.1. The Balaban J connectivity index is 1.32. The van der Waals surface area contributed by atoms with Crippen molar-refractivity contribution < 1.29 is 23.8 Å². The standard InChI is InChI=1S/C24H26ClN7O5/c1-35-13-23(34)30-6-7-32(21-10-20(25)28-24(29-21)31-5-4-26-14-31)17(12-30)9-22(33)27-11-16-2-3-18-19(8-16)37-15-36-18/h2-5,8,10,14,17H,6-7,9,11-13,15H2,1H3,(H,27,33). The third-order valence-electron chi connectivity index (χ3n) is 6.15. The molecule has 1 N–H and O–H groups in total. The number of amides is 2. The number of carbonyl (C=O) groups is 2. The fraction of sp³-hybridized carbons (Fsp3) is 0.375. The molecule has 2 aromatic heterocycles. The van der Waals surface area contributed by atoms with Crippen molar-refractivity contribution in [2.24, 2.45) is 0 Å². The average molecular weight is 528 g/mol. The highest BCUT2D eigenvalue weighted by molar-refractivity contribution is 6.29. The molecule has 1 aromatic carbocycles. The first-order valence-corrected chi connectivity index (χ1v) is 12.1. The van der Waals surface area contributed by atoms with Gasteiger partial charge in [0.2, 0.25) is 24.6 Å². The van der Waals surface area contributed by atoms with Crippen LogP contribution in [0.25, 0.3) is 5.95 Å². The lowest BCUT2D eigenvalue weighted by Gasteiger charge is -2.42. The third-order valence-corrected chi connectivity index (χ3v) is 6.34. The summed E-state index contributed by atoms with van der Waals surface area (Å²) in [6, 6.07) is 6.87. The number of anilines is 1. The van der Waals surface area contributed by atoms with Crippen LogP contribution in [-0.2, 0) is 20.9 Å². The van der Waals surface area contributed by atoms with Gasteiger partial charge in [-0.05, 0) is 17.7 Å². The number of benzene rings is 1. The van der Waals surface area contributed by atoms with E-state index in [0.29, 0.717) is 49.4 Å². The normalized spacial score (nSPS) is 16.6. The molecule has 2 aliphatic heterocycles. The van der Waals surface area contributed by atoms with E-state index >= 15 is 0 Å². The maximum atomic E-state index is 13.0. The van der Waals surface area contributed by atoms with E-state index in [9.17, 15) is 9.59 Å². The van der Waals surface area contributed by atoms with Crippen LogP contribution in [0.3, 0.4) is 0 Å². The van der Waals surface area contributed by atoms with Crippen LogP contribution in [0.4, 0.5) is 5.82 Å². The molecule has 194 valence electrons. The van der Waals surface area contributed by atoms with Gasteiger partial charge in [0.1, 0.15) is 23.9 Å². The van der Waals surface area contributed by atoms with E-state index in [-0.39, 0.29) is 42.8 Å². The molecular formula is C24H26ClN7O5. The van der Waals surface area contributed by atoms with Crippen LogP contribution in [0, 0.1) is 0 Å². The van der Waals surface area contributed by atoms with Gasteiger partial charge >= 0.3 is 0 Å². The maximum Gasteiger partial charge on any atom is 0.248 e. The zero-order valence-corrected chi connectivity index (χ0v) is 20.9. The molecule has 2 aliphatic rings. The van der Waals surface area contributed by atoms with Crippen molar-refractivity contribution in [2.75, 3.05) is 45.0 Å². The molecule has 0 radical (unpaired) electrons. The molecule has 1 atom stereocenters. The minimum absolute atomic E-state index is 0.0207. The van der Waals surface area contributed by atoms with Gasteiger partial charge in [0.15, 0.2) is 11.5 Å². The van der Waals surface area contributed by atoms with Gasteiger partial charge < -0.3 is 29.3 Å². The van der Waals surface area contributed by atoms with E-state index in [1.54, 1.807) is 34.3 Å². The third kappa shape index (κ3) is 5.75. The molecule has 1 unspecified atom stereocenters. The smallest absolute Gasteiger partial charge is 0.248 e. The summed E-state index contributed by atoms with van der Waals surface area (Å²) in [7, 11) is 1.48. The summed E-state index contributed by atoms with van der Waals surface area (Å²) in [5, 5.41) is 3.22. The number of aromatic nitrogens is 4. The Morgan fingerprint density at radius 1 is 1.19 bits per heavy atom. The zero-order valence-electron chi connectivity index (χ0n) is 20.2. The SMILES string of the molecule is COCC(=O)N1CCN(c2cc(Cl)nc(-n3ccnc3)n2)C(CC(=O)NCc2ccc3c(c2)OCO3)C1. The number of carbonyl (C=O) groups excluding carboxylic acids is 2. The highest BCUT2D eigenvalue weighted by Gasteiger charge is 2.32. The zero-order chi connectivity index (χ0) is 25.8. The molecule has 0 spiro atoms. The largest absolute Gasteiger partial charge is 0.454 e. The second-order valence-electron chi connectivity index (χ2n) is 8.61. The second-order valence-corrected chi connectivity index (χ2v) is 8.99. The molecule has 0 bridgehead atoms. The summed E-state index contributed by atoms with van der Waals surface area (Å²) in [6.07, 6.45) is 5.07. The molecule has 0 saturated carbocycles. The van der Waals surface area contributed by atoms with E-state index in [4.69, 9.17) is 25.8 Å². The number of methoxy groups -OCH3 is 1. The Labute approximate surface area is 218 Å². The topological polar surface area (TPSA) is 124 Å². The highest BCUT2D eigenvalue weighted by Crippen LogP contribution is 2.32. The van der Waals surface area contributed by atoms with Crippen molar-refractivity contribution in [3.63, 3.8) is 0 Å². The van der Waals surface area contributed by atoms with Gasteiger partial charge in [0.25, 0.3) is 0 Å². The van der Waals surface area contributed by atoms with Crippen molar-refractivity contribution in [2.45, 2.75) is 19.0 Å². The fourth-order valence-electron chi connectivity index (χ4n) is 4.34. The Hall–Kier alpha value is -3.90. The van der Waals surface area contributed by atoms with Crippen molar-refractivity contribution in [3.8, 4) is 17.4 Å². The summed E-state index contributed by atoms with van der Waals surface area (Å²) < 4.78 is 17.4. The predicted molar refractivity (Wildman–Crippen MR) is 133 cm³/mol. The molecule has 13 heteroatoms. The minimum Gasteiger partial charge on any atom is -0.454 e. The molecular weight excluding hydrogens is 502 g/mol. The van der Waals surface area contributed by atoms with E-state index in [1.807, 2.05) is 23.1 Å². The first-order valence-electron chi connectivity index (χ1n) is 11.7. The van der Waals surface area contributed by atoms with Crippen LogP contribution in [0.15, 0.2) is 43.0 Å². The van der Waals surface area contributed by atoms with E-state index in [2.05, 4.69) is 20.3 Å². The van der Waals surface area contributed by atoms with Crippen molar-refractivity contribution >= 4 is 29.2 Å².